The van der Waals surface area contributed by atoms with Crippen molar-refractivity contribution in [1.29, 1.82) is 5.26 Å². The molecule has 170 valence electrons. The van der Waals surface area contributed by atoms with Crippen LogP contribution in [0.15, 0.2) is 24.3 Å². The molecule has 1 aliphatic heterocycles. The maximum atomic E-state index is 12.3. The van der Waals surface area contributed by atoms with Gasteiger partial charge in [-0.3, -0.25) is 19.8 Å². The largest absolute Gasteiger partial charge is 0.452 e. The molecule has 2 aliphatic rings. The third kappa shape index (κ3) is 5.04. The lowest BCUT2D eigenvalue weighted by atomic mass is 10.1. The van der Waals surface area contributed by atoms with E-state index in [0.29, 0.717) is 16.3 Å². The molecule has 0 spiro atoms. The molecular formula is C23H22N4O5S. The van der Waals surface area contributed by atoms with Gasteiger partial charge in [-0.1, -0.05) is 6.42 Å². The topological polar surface area (TPSA) is 129 Å². The van der Waals surface area contributed by atoms with E-state index in [1.54, 1.807) is 0 Å². The first-order valence-electron chi connectivity index (χ1n) is 10.7. The van der Waals surface area contributed by atoms with Crippen molar-refractivity contribution in [1.82, 2.24) is 5.43 Å². The summed E-state index contributed by atoms with van der Waals surface area (Å²) in [4.78, 5) is 49.3. The molecule has 1 saturated heterocycles. The van der Waals surface area contributed by atoms with Gasteiger partial charge in [0.05, 0.1) is 16.8 Å². The molecule has 3 amide bonds. The van der Waals surface area contributed by atoms with Crippen LogP contribution in [0.2, 0.25) is 0 Å². The van der Waals surface area contributed by atoms with E-state index in [9.17, 15) is 24.4 Å². The van der Waals surface area contributed by atoms with E-state index in [4.69, 9.17) is 4.74 Å². The van der Waals surface area contributed by atoms with Crippen LogP contribution in [0.25, 0.3) is 0 Å². The number of nitrogens with one attached hydrogen (secondary N) is 2. The van der Waals surface area contributed by atoms with Gasteiger partial charge in [-0.05, 0) is 55.5 Å². The minimum absolute atomic E-state index is 0.117. The molecular weight excluding hydrogens is 444 g/mol. The number of ether oxygens (including phenoxy) is 1. The Kier molecular flexibility index (Phi) is 6.70. The van der Waals surface area contributed by atoms with Crippen molar-refractivity contribution < 1.29 is 23.9 Å². The van der Waals surface area contributed by atoms with Crippen LogP contribution in [0, 0.1) is 11.3 Å². The van der Waals surface area contributed by atoms with Crippen molar-refractivity contribution in [2.75, 3.05) is 16.9 Å². The van der Waals surface area contributed by atoms with Crippen LogP contribution in [0.4, 0.5) is 10.7 Å². The van der Waals surface area contributed by atoms with E-state index in [0.717, 1.165) is 47.6 Å². The molecule has 2 aromatic rings. The Morgan fingerprint density at radius 2 is 1.85 bits per heavy atom. The van der Waals surface area contributed by atoms with Crippen LogP contribution in [-0.4, -0.2) is 30.3 Å². The second-order valence-corrected chi connectivity index (χ2v) is 8.92. The number of aryl methyl sites for hydroxylation is 1. The number of anilines is 2. The van der Waals surface area contributed by atoms with Crippen molar-refractivity contribution in [3.8, 4) is 6.07 Å². The van der Waals surface area contributed by atoms with Gasteiger partial charge >= 0.3 is 5.97 Å². The minimum Gasteiger partial charge on any atom is -0.452 e. The van der Waals surface area contributed by atoms with Gasteiger partial charge in [0, 0.05) is 17.7 Å². The number of carbonyl (C=O) groups is 4. The van der Waals surface area contributed by atoms with Gasteiger partial charge in [-0.15, -0.1) is 11.3 Å². The highest BCUT2D eigenvalue weighted by Gasteiger charge is 2.25. The molecule has 33 heavy (non-hydrogen) atoms. The average molecular weight is 467 g/mol. The molecule has 10 heteroatoms. The van der Waals surface area contributed by atoms with E-state index in [-0.39, 0.29) is 30.2 Å². The molecule has 1 fully saturated rings. The maximum absolute atomic E-state index is 12.3. The summed E-state index contributed by atoms with van der Waals surface area (Å²) in [5.74, 6) is -1.72. The first kappa shape index (κ1) is 22.5. The van der Waals surface area contributed by atoms with Crippen LogP contribution in [-0.2, 0) is 32.0 Å². The van der Waals surface area contributed by atoms with Gasteiger partial charge in [-0.25, -0.2) is 9.80 Å². The smallest absolute Gasteiger partial charge is 0.338 e. The van der Waals surface area contributed by atoms with Gasteiger partial charge in [0.2, 0.25) is 11.8 Å². The van der Waals surface area contributed by atoms with E-state index < -0.39 is 18.5 Å². The zero-order valence-corrected chi connectivity index (χ0v) is 18.6. The number of rotatable bonds is 5. The van der Waals surface area contributed by atoms with E-state index in [1.807, 2.05) is 0 Å². The third-order valence-corrected chi connectivity index (χ3v) is 6.74. The predicted molar refractivity (Wildman–Crippen MR) is 121 cm³/mol. The predicted octanol–water partition coefficient (Wildman–Crippen LogP) is 2.84. The van der Waals surface area contributed by atoms with E-state index >= 15 is 0 Å². The van der Waals surface area contributed by atoms with Gasteiger partial charge in [0.15, 0.2) is 6.61 Å². The van der Waals surface area contributed by atoms with E-state index in [2.05, 4.69) is 16.8 Å². The highest BCUT2D eigenvalue weighted by molar-refractivity contribution is 7.16. The first-order valence-corrected chi connectivity index (χ1v) is 11.5. The molecule has 2 heterocycles. The SMILES string of the molecule is N#Cc1c(NC(=O)COC(=O)c2ccc(N3NC(=O)CCC3=O)cc2)sc2c1CCCCC2. The number of thiophene rings is 1. The fourth-order valence-corrected chi connectivity index (χ4v) is 5.11. The summed E-state index contributed by atoms with van der Waals surface area (Å²) in [5, 5.41) is 13.9. The maximum Gasteiger partial charge on any atom is 0.338 e. The molecule has 9 nitrogen and oxygen atoms in total. The van der Waals surface area contributed by atoms with Gasteiger partial charge in [-0.2, -0.15) is 5.26 Å². The van der Waals surface area contributed by atoms with Crippen LogP contribution >= 0.6 is 11.3 Å². The second-order valence-electron chi connectivity index (χ2n) is 7.82. The summed E-state index contributed by atoms with van der Waals surface area (Å²) in [6.07, 6.45) is 5.23. The van der Waals surface area contributed by atoms with Gasteiger partial charge in [0.1, 0.15) is 11.1 Å². The summed E-state index contributed by atoms with van der Waals surface area (Å²) >= 11 is 1.42. The Balaban J connectivity index is 1.34. The summed E-state index contributed by atoms with van der Waals surface area (Å²) in [6, 6.07) is 8.13. The summed E-state index contributed by atoms with van der Waals surface area (Å²) in [5.41, 5.74) is 4.63. The number of esters is 1. The summed E-state index contributed by atoms with van der Waals surface area (Å²) in [7, 11) is 0. The number of hydrogen-bond acceptors (Lipinski definition) is 7. The Morgan fingerprint density at radius 1 is 1.09 bits per heavy atom. The van der Waals surface area contributed by atoms with Crippen LogP contribution in [0.5, 0.6) is 0 Å². The lowest BCUT2D eigenvalue weighted by Gasteiger charge is -2.27. The molecule has 0 radical (unpaired) electrons. The van der Waals surface area contributed by atoms with Crippen LogP contribution < -0.4 is 15.8 Å². The molecule has 0 unspecified atom stereocenters. The summed E-state index contributed by atoms with van der Waals surface area (Å²) < 4.78 is 5.10. The standard InChI is InChI=1S/C23H22N4O5S/c24-12-17-16-4-2-1-3-5-18(16)33-22(17)25-20(29)13-32-23(31)14-6-8-15(9-7-14)27-21(30)11-10-19(28)26-27/h6-9H,1-5,10-11,13H2,(H,25,29)(H,26,28). The number of nitriles is 1. The Hall–Kier alpha value is -3.71. The lowest BCUT2D eigenvalue weighted by Crippen LogP contribution is -2.50. The molecule has 1 aromatic carbocycles. The minimum atomic E-state index is -0.701. The van der Waals surface area contributed by atoms with Crippen molar-refractivity contribution in [2.24, 2.45) is 0 Å². The molecule has 0 saturated carbocycles. The molecule has 0 atom stereocenters. The quantitative estimate of drug-likeness (QED) is 0.515. The van der Waals surface area contributed by atoms with Gasteiger partial charge < -0.3 is 10.1 Å². The number of nitrogens with zero attached hydrogens (tertiary/aromatic N) is 2. The third-order valence-electron chi connectivity index (χ3n) is 5.53. The number of amides is 3. The van der Waals surface area contributed by atoms with Crippen molar-refractivity contribution in [3.63, 3.8) is 0 Å². The van der Waals surface area contributed by atoms with Crippen molar-refractivity contribution in [3.05, 3.63) is 45.8 Å². The molecule has 1 aliphatic carbocycles. The normalized spacial score (nSPS) is 15.7. The average Bonchev–Trinajstić information content (AvgIpc) is 2.97. The number of carbonyl (C=O) groups excluding carboxylic acids is 4. The molecule has 2 N–H and O–H groups in total. The Bertz CT molecular complexity index is 1150. The van der Waals surface area contributed by atoms with Crippen LogP contribution in [0.1, 0.15) is 58.5 Å². The van der Waals surface area contributed by atoms with Crippen LogP contribution in [0.3, 0.4) is 0 Å². The number of hydrazine groups is 1. The first-order chi connectivity index (χ1) is 16.0. The van der Waals surface area contributed by atoms with Gasteiger partial charge in [0.25, 0.3) is 5.91 Å². The monoisotopic (exact) mass is 466 g/mol. The highest BCUT2D eigenvalue weighted by atomic mass is 32.1. The van der Waals surface area contributed by atoms with E-state index in [1.165, 1.54) is 35.6 Å². The molecule has 1 aromatic heterocycles. The molecule has 0 bridgehead atoms. The summed E-state index contributed by atoms with van der Waals surface area (Å²) in [6.45, 7) is -0.491. The fraction of sp³-hybridized carbons (Fsp3) is 0.348. The Morgan fingerprint density at radius 3 is 2.61 bits per heavy atom. The fourth-order valence-electron chi connectivity index (χ4n) is 3.86. The molecule has 4 rings (SSSR count). The van der Waals surface area contributed by atoms with Crippen molar-refractivity contribution in [2.45, 2.75) is 44.9 Å². The van der Waals surface area contributed by atoms with Crippen molar-refractivity contribution >= 4 is 45.7 Å². The lowest BCUT2D eigenvalue weighted by molar-refractivity contribution is -0.130. The second kappa shape index (κ2) is 9.83. The Labute approximate surface area is 194 Å². The highest BCUT2D eigenvalue weighted by Crippen LogP contribution is 2.36. The number of benzene rings is 1. The zero-order valence-electron chi connectivity index (χ0n) is 17.8. The number of hydrogen-bond donors (Lipinski definition) is 2. The number of fused-ring (bicyclic) bond motifs is 1. The zero-order chi connectivity index (χ0) is 23.4.